The molecule has 160 valence electrons. The molecule has 10 heteroatoms. The molecule has 3 unspecified atom stereocenters. The first kappa shape index (κ1) is 22.6. The van der Waals surface area contributed by atoms with Gasteiger partial charge in [-0.1, -0.05) is 6.08 Å². The Morgan fingerprint density at radius 2 is 2.00 bits per heavy atom. The van der Waals surface area contributed by atoms with Crippen LogP contribution < -0.4 is 15.0 Å². The van der Waals surface area contributed by atoms with E-state index in [2.05, 4.69) is 17.0 Å². The highest BCUT2D eigenvalue weighted by atomic mass is 16.6. The van der Waals surface area contributed by atoms with E-state index in [4.69, 9.17) is 14.3 Å². The summed E-state index contributed by atoms with van der Waals surface area (Å²) in [6.07, 6.45) is 0.268. The van der Waals surface area contributed by atoms with Crippen molar-refractivity contribution in [2.45, 2.75) is 38.4 Å². The molecule has 3 N–H and O–H groups in total. The summed E-state index contributed by atoms with van der Waals surface area (Å²) in [5, 5.41) is 20.4. The lowest BCUT2D eigenvalue weighted by Crippen LogP contribution is -2.70. The summed E-state index contributed by atoms with van der Waals surface area (Å²) in [6.45, 7) is 8.73. The van der Waals surface area contributed by atoms with Gasteiger partial charge in [0, 0.05) is 17.2 Å². The molecule has 0 spiro atoms. The molecule has 2 rings (SSSR count). The number of rotatable bonds is 7. The number of hydrogen-bond donors (Lipinski definition) is 3. The first-order valence-corrected chi connectivity index (χ1v) is 9.00. The molecule has 10 nitrogen and oxygen atoms in total. The molecule has 1 aliphatic rings. The minimum Gasteiger partial charge on any atom is -0.481 e. The number of methoxy groups -OCH3 is 2. The van der Waals surface area contributed by atoms with Crippen molar-refractivity contribution >= 4 is 12.1 Å². The van der Waals surface area contributed by atoms with Crippen molar-refractivity contribution in [2.24, 2.45) is 0 Å². The Labute approximate surface area is 169 Å². The highest BCUT2D eigenvalue weighted by Crippen LogP contribution is 2.49. The summed E-state index contributed by atoms with van der Waals surface area (Å²) >= 11 is 0. The number of ether oxygens (including phenoxy) is 2. The quantitative estimate of drug-likeness (QED) is 0.268. The Hall–Kier alpha value is -2.69. The summed E-state index contributed by atoms with van der Waals surface area (Å²) < 4.78 is 9.81. The van der Waals surface area contributed by atoms with Gasteiger partial charge >= 0.3 is 12.1 Å². The Bertz CT molecular complexity index is 806. The van der Waals surface area contributed by atoms with Gasteiger partial charge in [0.2, 0.25) is 17.8 Å². The standard InChI is InChI=1S/C19H27N3O7/c1-7-8-29-21-12-10-22(18(25)26,19(2,3)4)15(17(23)24)11-9-13(27-5)20-16(28-6)14(11)12/h7,9,12,15,21H,1,8,10H2,2-6H3,(H-,23,24,25,26)/p+1. The van der Waals surface area contributed by atoms with Crippen molar-refractivity contribution < 1.29 is 38.6 Å². The SMILES string of the molecule is C=CCONC1C[N+](C(=O)O)(C(C)(C)C)C(C(=O)O)c2cc(OC)nc(OC)c21. The summed E-state index contributed by atoms with van der Waals surface area (Å²) in [5.74, 6) is -1.01. The lowest BCUT2D eigenvalue weighted by molar-refractivity contribution is -0.928. The molecule has 1 aromatic heterocycles. The molecule has 0 bridgehead atoms. The molecule has 0 aliphatic carbocycles. The number of aliphatic carboxylic acids is 1. The second-order valence-electron chi connectivity index (χ2n) is 7.69. The number of hydroxylamine groups is 1. The number of carboxylic acids is 1. The van der Waals surface area contributed by atoms with Gasteiger partial charge in [0.1, 0.15) is 18.1 Å². The number of pyridine rings is 1. The van der Waals surface area contributed by atoms with Crippen molar-refractivity contribution in [3.8, 4) is 11.8 Å². The van der Waals surface area contributed by atoms with E-state index < -0.39 is 34.2 Å². The van der Waals surface area contributed by atoms with Gasteiger partial charge in [0.05, 0.1) is 20.8 Å². The van der Waals surface area contributed by atoms with E-state index in [1.54, 1.807) is 20.8 Å². The van der Waals surface area contributed by atoms with Gasteiger partial charge < -0.3 is 19.7 Å². The van der Waals surface area contributed by atoms with E-state index in [1.165, 1.54) is 26.4 Å². The van der Waals surface area contributed by atoms with Gasteiger partial charge in [-0.05, 0) is 20.8 Å². The van der Waals surface area contributed by atoms with Crippen LogP contribution in [0.25, 0.3) is 0 Å². The number of nitrogens with one attached hydrogen (secondary N) is 1. The first-order valence-electron chi connectivity index (χ1n) is 9.00. The molecule has 29 heavy (non-hydrogen) atoms. The fourth-order valence-corrected chi connectivity index (χ4v) is 3.85. The van der Waals surface area contributed by atoms with Crippen molar-refractivity contribution in [1.82, 2.24) is 10.5 Å². The maximum Gasteiger partial charge on any atom is 0.515 e. The van der Waals surface area contributed by atoms with Crippen LogP contribution in [0.2, 0.25) is 0 Å². The summed E-state index contributed by atoms with van der Waals surface area (Å²) in [6, 6.07) is -0.672. The van der Waals surface area contributed by atoms with Crippen LogP contribution >= 0.6 is 0 Å². The third-order valence-corrected chi connectivity index (χ3v) is 5.19. The minimum atomic E-state index is -1.41. The molecule has 2 heterocycles. The Morgan fingerprint density at radius 3 is 2.45 bits per heavy atom. The number of nitrogens with zero attached hydrogens (tertiary/aromatic N) is 2. The van der Waals surface area contributed by atoms with Gasteiger partial charge in [-0.15, -0.1) is 6.58 Å². The number of hydrogen-bond acceptors (Lipinski definition) is 7. The molecule has 1 amide bonds. The largest absolute Gasteiger partial charge is 0.515 e. The zero-order valence-electron chi connectivity index (χ0n) is 17.3. The fraction of sp³-hybridized carbons (Fsp3) is 0.526. The number of amides is 1. The molecule has 0 saturated heterocycles. The van der Waals surface area contributed by atoms with E-state index in [-0.39, 0.29) is 30.5 Å². The van der Waals surface area contributed by atoms with Crippen LogP contribution in [0.3, 0.4) is 0 Å². The number of carboxylic acid groups (broad SMARTS) is 2. The lowest BCUT2D eigenvalue weighted by Gasteiger charge is -2.51. The van der Waals surface area contributed by atoms with Crippen LogP contribution in [0.5, 0.6) is 11.8 Å². The Balaban J connectivity index is 2.86. The molecule has 0 saturated carbocycles. The number of fused-ring (bicyclic) bond motifs is 1. The average Bonchev–Trinajstić information content (AvgIpc) is 2.64. The molecule has 0 fully saturated rings. The van der Waals surface area contributed by atoms with Crippen molar-refractivity contribution in [1.29, 1.82) is 0 Å². The molecule has 1 aliphatic heterocycles. The summed E-state index contributed by atoms with van der Waals surface area (Å²) in [5.41, 5.74) is 2.53. The van der Waals surface area contributed by atoms with E-state index in [9.17, 15) is 19.8 Å². The molecule has 0 radical (unpaired) electrons. The number of carbonyl (C=O) groups is 2. The van der Waals surface area contributed by atoms with E-state index in [0.29, 0.717) is 5.56 Å². The smallest absolute Gasteiger partial charge is 0.481 e. The molecule has 0 aromatic carbocycles. The monoisotopic (exact) mass is 410 g/mol. The number of quaternary nitrogens is 1. The fourth-order valence-electron chi connectivity index (χ4n) is 3.85. The third kappa shape index (κ3) is 3.78. The second-order valence-corrected chi connectivity index (χ2v) is 7.69. The van der Waals surface area contributed by atoms with Crippen molar-refractivity contribution in [3.05, 3.63) is 29.8 Å². The number of aromatic nitrogens is 1. The van der Waals surface area contributed by atoms with Gasteiger partial charge in [-0.3, -0.25) is 4.84 Å². The van der Waals surface area contributed by atoms with E-state index in [1.807, 2.05) is 0 Å². The zero-order valence-corrected chi connectivity index (χ0v) is 17.3. The summed E-state index contributed by atoms with van der Waals surface area (Å²) in [4.78, 5) is 34.6. The molecule has 1 aromatic rings. The maximum atomic E-state index is 12.6. The van der Waals surface area contributed by atoms with Crippen LogP contribution in [0.1, 0.15) is 44.0 Å². The molecular formula is C19H28N3O7+. The predicted octanol–water partition coefficient (Wildman–Crippen LogP) is 2.28. The third-order valence-electron chi connectivity index (χ3n) is 5.19. The minimum absolute atomic E-state index is 0.107. The van der Waals surface area contributed by atoms with Gasteiger partial charge in [0.15, 0.2) is 0 Å². The first-order chi connectivity index (χ1) is 13.5. The normalized spacial score (nSPS) is 23.8. The molecule has 3 atom stereocenters. The van der Waals surface area contributed by atoms with Gasteiger partial charge in [0.25, 0.3) is 0 Å². The average molecular weight is 410 g/mol. The van der Waals surface area contributed by atoms with Gasteiger partial charge in [-0.25, -0.2) is 9.28 Å². The molecular weight excluding hydrogens is 382 g/mol. The van der Waals surface area contributed by atoms with E-state index in [0.717, 1.165) is 0 Å². The van der Waals surface area contributed by atoms with Crippen LogP contribution in [0.15, 0.2) is 18.7 Å². The predicted molar refractivity (Wildman–Crippen MR) is 103 cm³/mol. The van der Waals surface area contributed by atoms with Crippen molar-refractivity contribution in [3.63, 3.8) is 0 Å². The van der Waals surface area contributed by atoms with Gasteiger partial charge in [-0.2, -0.15) is 15.3 Å². The van der Waals surface area contributed by atoms with Crippen LogP contribution in [0.4, 0.5) is 4.79 Å². The Morgan fingerprint density at radius 1 is 1.34 bits per heavy atom. The highest BCUT2D eigenvalue weighted by molar-refractivity contribution is 5.79. The Kier molecular flexibility index (Phi) is 6.51. The van der Waals surface area contributed by atoms with Crippen LogP contribution in [0, 0.1) is 0 Å². The van der Waals surface area contributed by atoms with Crippen LogP contribution in [-0.4, -0.2) is 64.7 Å². The topological polar surface area (TPSA) is 127 Å². The lowest BCUT2D eigenvalue weighted by atomic mass is 9.83. The summed E-state index contributed by atoms with van der Waals surface area (Å²) in [7, 11) is 2.79. The van der Waals surface area contributed by atoms with E-state index >= 15 is 0 Å². The zero-order chi connectivity index (χ0) is 22.0. The highest BCUT2D eigenvalue weighted by Gasteiger charge is 2.62. The maximum absolute atomic E-state index is 12.6. The second kappa shape index (κ2) is 8.36. The van der Waals surface area contributed by atoms with Crippen molar-refractivity contribution in [2.75, 3.05) is 27.4 Å². The van der Waals surface area contributed by atoms with Crippen LogP contribution in [-0.2, 0) is 9.63 Å².